The first-order chi connectivity index (χ1) is 10.1. The number of amides is 1. The van der Waals surface area contributed by atoms with Crippen LogP contribution in [0, 0.1) is 0 Å². The molecule has 2 heterocycles. The molecule has 0 bridgehead atoms. The average molecular weight is 289 g/mol. The molecule has 7 nitrogen and oxygen atoms in total. The maximum absolute atomic E-state index is 12.3. The maximum atomic E-state index is 12.3. The van der Waals surface area contributed by atoms with Crippen LogP contribution in [0.25, 0.3) is 0 Å². The molecule has 0 aliphatic rings. The molecule has 2 rings (SSSR count). The molecule has 0 saturated carbocycles. The first-order valence-electron chi connectivity index (χ1n) is 6.94. The van der Waals surface area contributed by atoms with E-state index >= 15 is 0 Å². The standard InChI is InChI=1S/C14H19N5O2/c1-4-6-15-10-8-16-13(9(2)3)18-12(10)14(20)17-11-5-7-21-19-11/h5,7-9,15H,4,6H2,1-3H3,(H,17,19,20). The van der Waals surface area contributed by atoms with Gasteiger partial charge in [0.1, 0.15) is 12.1 Å². The van der Waals surface area contributed by atoms with E-state index in [1.807, 2.05) is 20.8 Å². The molecule has 0 spiro atoms. The van der Waals surface area contributed by atoms with Crippen molar-refractivity contribution in [3.8, 4) is 0 Å². The third-order valence-corrected chi connectivity index (χ3v) is 2.78. The molecule has 0 saturated heterocycles. The van der Waals surface area contributed by atoms with Crippen LogP contribution in [0.4, 0.5) is 11.5 Å². The van der Waals surface area contributed by atoms with E-state index in [1.54, 1.807) is 12.3 Å². The predicted octanol–water partition coefficient (Wildman–Crippen LogP) is 2.66. The number of carbonyl (C=O) groups excluding carboxylic acids is 1. The fraction of sp³-hybridized carbons (Fsp3) is 0.429. The largest absolute Gasteiger partial charge is 0.382 e. The van der Waals surface area contributed by atoms with Crippen LogP contribution in [0.3, 0.4) is 0 Å². The van der Waals surface area contributed by atoms with Gasteiger partial charge in [-0.15, -0.1) is 0 Å². The Labute approximate surface area is 123 Å². The fourth-order valence-corrected chi connectivity index (χ4v) is 1.69. The monoisotopic (exact) mass is 289 g/mol. The van der Waals surface area contributed by atoms with E-state index < -0.39 is 0 Å². The Morgan fingerprint density at radius 2 is 2.24 bits per heavy atom. The van der Waals surface area contributed by atoms with Gasteiger partial charge in [0, 0.05) is 18.5 Å². The zero-order valence-electron chi connectivity index (χ0n) is 12.4. The van der Waals surface area contributed by atoms with Gasteiger partial charge in [-0.1, -0.05) is 25.9 Å². The molecule has 112 valence electrons. The van der Waals surface area contributed by atoms with E-state index in [1.165, 1.54) is 6.26 Å². The van der Waals surface area contributed by atoms with Crippen molar-refractivity contribution < 1.29 is 9.32 Å². The summed E-state index contributed by atoms with van der Waals surface area (Å²) < 4.78 is 4.70. The number of aromatic nitrogens is 3. The van der Waals surface area contributed by atoms with Crippen LogP contribution in [0.15, 0.2) is 23.0 Å². The lowest BCUT2D eigenvalue weighted by molar-refractivity contribution is 0.102. The van der Waals surface area contributed by atoms with E-state index in [2.05, 4.69) is 25.8 Å². The summed E-state index contributed by atoms with van der Waals surface area (Å²) >= 11 is 0. The molecule has 0 atom stereocenters. The number of rotatable bonds is 6. The van der Waals surface area contributed by atoms with Gasteiger partial charge in [0.25, 0.3) is 5.91 Å². The molecule has 7 heteroatoms. The third-order valence-electron chi connectivity index (χ3n) is 2.78. The number of nitrogens with one attached hydrogen (secondary N) is 2. The van der Waals surface area contributed by atoms with Crippen LogP contribution < -0.4 is 10.6 Å². The summed E-state index contributed by atoms with van der Waals surface area (Å²) in [5, 5.41) is 9.47. The predicted molar refractivity (Wildman–Crippen MR) is 79.4 cm³/mol. The minimum Gasteiger partial charge on any atom is -0.382 e. The zero-order valence-corrected chi connectivity index (χ0v) is 12.4. The minimum absolute atomic E-state index is 0.142. The Balaban J connectivity index is 2.28. The normalized spacial score (nSPS) is 10.7. The second kappa shape index (κ2) is 6.83. The summed E-state index contributed by atoms with van der Waals surface area (Å²) in [6, 6.07) is 1.57. The summed E-state index contributed by atoms with van der Waals surface area (Å²) in [4.78, 5) is 21.0. The van der Waals surface area contributed by atoms with Crippen molar-refractivity contribution in [2.75, 3.05) is 17.2 Å². The molecule has 2 N–H and O–H groups in total. The van der Waals surface area contributed by atoms with Crippen molar-refractivity contribution in [3.05, 3.63) is 30.0 Å². The molecule has 0 aromatic carbocycles. The molecule has 2 aromatic heterocycles. The van der Waals surface area contributed by atoms with E-state index in [0.29, 0.717) is 23.0 Å². The smallest absolute Gasteiger partial charge is 0.277 e. The second-order valence-electron chi connectivity index (χ2n) is 4.91. The van der Waals surface area contributed by atoms with Gasteiger partial charge in [0.15, 0.2) is 11.5 Å². The Bertz CT molecular complexity index is 595. The molecule has 0 unspecified atom stereocenters. The maximum Gasteiger partial charge on any atom is 0.277 e. The molecule has 0 aliphatic heterocycles. The van der Waals surface area contributed by atoms with Crippen LogP contribution in [0.1, 0.15) is 49.4 Å². The summed E-state index contributed by atoms with van der Waals surface area (Å²) in [5.41, 5.74) is 0.924. The second-order valence-corrected chi connectivity index (χ2v) is 4.91. The van der Waals surface area contributed by atoms with Gasteiger partial charge in [-0.2, -0.15) is 0 Å². The quantitative estimate of drug-likeness (QED) is 0.849. The fourth-order valence-electron chi connectivity index (χ4n) is 1.69. The van der Waals surface area contributed by atoms with Crippen molar-refractivity contribution in [1.82, 2.24) is 15.1 Å². The molecular weight excluding hydrogens is 270 g/mol. The van der Waals surface area contributed by atoms with Crippen LogP contribution in [0.2, 0.25) is 0 Å². The van der Waals surface area contributed by atoms with Crippen LogP contribution in [-0.2, 0) is 0 Å². The van der Waals surface area contributed by atoms with Crippen molar-refractivity contribution in [2.45, 2.75) is 33.1 Å². The highest BCUT2D eigenvalue weighted by Gasteiger charge is 2.17. The molecule has 2 aromatic rings. The molecule has 0 aliphatic carbocycles. The van der Waals surface area contributed by atoms with Gasteiger partial charge >= 0.3 is 0 Å². The lowest BCUT2D eigenvalue weighted by Crippen LogP contribution is -2.19. The van der Waals surface area contributed by atoms with Crippen LogP contribution >= 0.6 is 0 Å². The van der Waals surface area contributed by atoms with Crippen molar-refractivity contribution in [2.24, 2.45) is 0 Å². The minimum atomic E-state index is -0.341. The highest BCUT2D eigenvalue weighted by molar-refractivity contribution is 6.05. The molecule has 1 amide bonds. The average Bonchev–Trinajstić information content (AvgIpc) is 2.97. The Hall–Kier alpha value is -2.44. The number of anilines is 2. The van der Waals surface area contributed by atoms with Gasteiger partial charge in [-0.05, 0) is 6.42 Å². The van der Waals surface area contributed by atoms with Gasteiger partial charge in [-0.3, -0.25) is 4.79 Å². The SMILES string of the molecule is CCCNc1cnc(C(C)C)nc1C(=O)Nc1ccon1. The topological polar surface area (TPSA) is 92.9 Å². The van der Waals surface area contributed by atoms with Gasteiger partial charge < -0.3 is 15.2 Å². The zero-order chi connectivity index (χ0) is 15.2. The van der Waals surface area contributed by atoms with Gasteiger partial charge in [0.05, 0.1) is 11.9 Å². The Morgan fingerprint density at radius 3 is 2.86 bits per heavy atom. The van der Waals surface area contributed by atoms with E-state index in [-0.39, 0.29) is 11.8 Å². The lowest BCUT2D eigenvalue weighted by atomic mass is 10.2. The molecular formula is C14H19N5O2. The Kier molecular flexibility index (Phi) is 4.86. The summed E-state index contributed by atoms with van der Waals surface area (Å²) in [6.07, 6.45) is 3.98. The van der Waals surface area contributed by atoms with Gasteiger partial charge in [0.2, 0.25) is 0 Å². The highest BCUT2D eigenvalue weighted by Crippen LogP contribution is 2.17. The number of carbonyl (C=O) groups is 1. The first kappa shape index (κ1) is 15.0. The number of nitrogens with zero attached hydrogens (tertiary/aromatic N) is 3. The van der Waals surface area contributed by atoms with Crippen LogP contribution in [0.5, 0.6) is 0 Å². The van der Waals surface area contributed by atoms with Crippen molar-refractivity contribution in [3.63, 3.8) is 0 Å². The number of hydrogen-bond donors (Lipinski definition) is 2. The summed E-state index contributed by atoms with van der Waals surface area (Å²) in [5.74, 6) is 0.782. The summed E-state index contributed by atoms with van der Waals surface area (Å²) in [7, 11) is 0. The van der Waals surface area contributed by atoms with E-state index in [0.717, 1.165) is 13.0 Å². The van der Waals surface area contributed by atoms with E-state index in [9.17, 15) is 4.79 Å². The van der Waals surface area contributed by atoms with Gasteiger partial charge in [-0.25, -0.2) is 9.97 Å². The highest BCUT2D eigenvalue weighted by atomic mass is 16.5. The number of hydrogen-bond acceptors (Lipinski definition) is 6. The van der Waals surface area contributed by atoms with E-state index in [4.69, 9.17) is 4.52 Å². The summed E-state index contributed by atoms with van der Waals surface area (Å²) in [6.45, 7) is 6.75. The molecule has 0 fully saturated rings. The third kappa shape index (κ3) is 3.77. The first-order valence-corrected chi connectivity index (χ1v) is 6.94. The lowest BCUT2D eigenvalue weighted by Gasteiger charge is -2.12. The Morgan fingerprint density at radius 1 is 1.43 bits per heavy atom. The molecule has 21 heavy (non-hydrogen) atoms. The van der Waals surface area contributed by atoms with Crippen molar-refractivity contribution in [1.29, 1.82) is 0 Å². The van der Waals surface area contributed by atoms with Crippen LogP contribution in [-0.4, -0.2) is 27.6 Å². The van der Waals surface area contributed by atoms with Crippen molar-refractivity contribution >= 4 is 17.4 Å². The molecule has 0 radical (unpaired) electrons.